The number of hydrogen-bond acceptors (Lipinski definition) is 3. The van der Waals surface area contributed by atoms with E-state index in [2.05, 4.69) is 23.6 Å². The Labute approximate surface area is 112 Å². The topological polar surface area (TPSA) is 26.8 Å². The molecular weight excluding hydrogens is 226 g/mol. The van der Waals surface area contributed by atoms with Crippen molar-refractivity contribution in [2.75, 3.05) is 46.8 Å². The number of carbonyl (C=O) groups excluding carboxylic acids is 1. The highest BCUT2D eigenvalue weighted by atomic mass is 16.2. The Morgan fingerprint density at radius 3 is 2.06 bits per heavy atom. The summed E-state index contributed by atoms with van der Waals surface area (Å²) in [4.78, 5) is 18.7. The van der Waals surface area contributed by atoms with Gasteiger partial charge in [0.05, 0.1) is 5.54 Å². The van der Waals surface area contributed by atoms with E-state index in [0.717, 1.165) is 32.7 Å². The van der Waals surface area contributed by atoms with E-state index in [4.69, 9.17) is 0 Å². The monoisotopic (exact) mass is 255 g/mol. The molecule has 0 atom stereocenters. The minimum absolute atomic E-state index is 0.194. The van der Waals surface area contributed by atoms with Crippen molar-refractivity contribution in [1.82, 2.24) is 14.7 Å². The fraction of sp³-hybridized carbons (Fsp3) is 0.929. The first-order valence-electron chi connectivity index (χ1n) is 6.94. The summed E-state index contributed by atoms with van der Waals surface area (Å²) in [6, 6.07) is 0. The Morgan fingerprint density at radius 1 is 1.17 bits per heavy atom. The molecule has 1 aliphatic heterocycles. The van der Waals surface area contributed by atoms with Gasteiger partial charge in [0.25, 0.3) is 0 Å². The van der Waals surface area contributed by atoms with Crippen LogP contribution >= 0.6 is 0 Å². The molecule has 0 aromatic heterocycles. The molecule has 1 amide bonds. The van der Waals surface area contributed by atoms with Crippen LogP contribution < -0.4 is 0 Å². The first-order valence-corrected chi connectivity index (χ1v) is 6.94. The standard InChI is InChI=1S/C14H29N3O/c1-12(2)11-16-7-9-17(10-8-16)14(3,4)13(18)15(5)6/h12H,7-11H2,1-6H3. The molecule has 18 heavy (non-hydrogen) atoms. The van der Waals surface area contributed by atoms with Crippen molar-refractivity contribution in [2.45, 2.75) is 33.2 Å². The first-order chi connectivity index (χ1) is 8.25. The molecule has 0 spiro atoms. The van der Waals surface area contributed by atoms with E-state index in [0.29, 0.717) is 5.92 Å². The number of carbonyl (C=O) groups is 1. The van der Waals surface area contributed by atoms with E-state index in [1.807, 2.05) is 27.9 Å². The molecule has 0 aromatic carbocycles. The molecule has 1 saturated heterocycles. The van der Waals surface area contributed by atoms with Gasteiger partial charge in [-0.15, -0.1) is 0 Å². The number of amides is 1. The summed E-state index contributed by atoms with van der Waals surface area (Å²) in [6.45, 7) is 13.9. The molecule has 1 heterocycles. The van der Waals surface area contributed by atoms with Crippen molar-refractivity contribution in [3.8, 4) is 0 Å². The van der Waals surface area contributed by atoms with Crippen molar-refractivity contribution >= 4 is 5.91 Å². The van der Waals surface area contributed by atoms with Gasteiger partial charge in [0.2, 0.25) is 5.91 Å². The van der Waals surface area contributed by atoms with Gasteiger partial charge in [0.15, 0.2) is 0 Å². The van der Waals surface area contributed by atoms with E-state index in [1.165, 1.54) is 0 Å². The smallest absolute Gasteiger partial charge is 0.242 e. The Bertz CT molecular complexity index is 279. The molecule has 1 aliphatic rings. The van der Waals surface area contributed by atoms with Gasteiger partial charge >= 0.3 is 0 Å². The molecule has 0 unspecified atom stereocenters. The molecule has 0 aliphatic carbocycles. The first kappa shape index (κ1) is 15.4. The summed E-state index contributed by atoms with van der Waals surface area (Å²) in [5.41, 5.74) is -0.382. The van der Waals surface area contributed by atoms with Crippen LogP contribution in [0.5, 0.6) is 0 Å². The Balaban J connectivity index is 2.54. The molecule has 0 saturated carbocycles. The summed E-state index contributed by atoms with van der Waals surface area (Å²) in [5.74, 6) is 0.910. The van der Waals surface area contributed by atoms with Crippen molar-refractivity contribution in [3.05, 3.63) is 0 Å². The van der Waals surface area contributed by atoms with Gasteiger partial charge in [-0.1, -0.05) is 13.8 Å². The highest BCUT2D eigenvalue weighted by molar-refractivity contribution is 5.85. The Kier molecular flexibility index (Phi) is 5.17. The SMILES string of the molecule is CC(C)CN1CCN(C(C)(C)C(=O)N(C)C)CC1. The fourth-order valence-electron chi connectivity index (χ4n) is 2.69. The molecule has 4 heteroatoms. The predicted molar refractivity (Wildman–Crippen MR) is 75.6 cm³/mol. The summed E-state index contributed by atoms with van der Waals surface area (Å²) in [5, 5.41) is 0. The van der Waals surface area contributed by atoms with Gasteiger partial charge in [-0.05, 0) is 19.8 Å². The molecule has 106 valence electrons. The second-order valence-electron chi connectivity index (χ2n) is 6.44. The van der Waals surface area contributed by atoms with Gasteiger partial charge in [0.1, 0.15) is 0 Å². The van der Waals surface area contributed by atoms with Gasteiger partial charge in [0, 0.05) is 46.8 Å². The van der Waals surface area contributed by atoms with E-state index in [1.54, 1.807) is 4.90 Å². The van der Waals surface area contributed by atoms with Crippen LogP contribution in [0.4, 0.5) is 0 Å². The van der Waals surface area contributed by atoms with Crippen LogP contribution in [0.15, 0.2) is 0 Å². The number of piperazine rings is 1. The predicted octanol–water partition coefficient (Wildman–Crippen LogP) is 1.13. The lowest BCUT2D eigenvalue weighted by Gasteiger charge is -2.44. The van der Waals surface area contributed by atoms with Crippen LogP contribution in [0.3, 0.4) is 0 Å². The van der Waals surface area contributed by atoms with Crippen molar-refractivity contribution in [2.24, 2.45) is 5.92 Å². The Hall–Kier alpha value is -0.610. The molecule has 1 fully saturated rings. The maximum absolute atomic E-state index is 12.2. The molecular formula is C14H29N3O. The lowest BCUT2D eigenvalue weighted by Crippen LogP contribution is -2.60. The van der Waals surface area contributed by atoms with Gasteiger partial charge in [-0.25, -0.2) is 0 Å². The normalized spacial score (nSPS) is 19.3. The van der Waals surface area contributed by atoms with Gasteiger partial charge in [-0.3, -0.25) is 9.69 Å². The average molecular weight is 255 g/mol. The second-order valence-corrected chi connectivity index (χ2v) is 6.44. The van der Waals surface area contributed by atoms with E-state index in [9.17, 15) is 4.79 Å². The number of hydrogen-bond donors (Lipinski definition) is 0. The van der Waals surface area contributed by atoms with E-state index >= 15 is 0 Å². The van der Waals surface area contributed by atoms with Crippen LogP contribution in [0, 0.1) is 5.92 Å². The van der Waals surface area contributed by atoms with Gasteiger partial charge in [-0.2, -0.15) is 0 Å². The third-order valence-corrected chi connectivity index (χ3v) is 3.72. The van der Waals surface area contributed by atoms with Crippen LogP contribution in [-0.4, -0.2) is 73.0 Å². The van der Waals surface area contributed by atoms with Crippen LogP contribution in [-0.2, 0) is 4.79 Å². The van der Waals surface area contributed by atoms with Crippen molar-refractivity contribution in [3.63, 3.8) is 0 Å². The summed E-state index contributed by atoms with van der Waals surface area (Å²) in [6.07, 6.45) is 0. The lowest BCUT2D eigenvalue weighted by atomic mass is 9.99. The Morgan fingerprint density at radius 2 is 1.67 bits per heavy atom. The summed E-state index contributed by atoms with van der Waals surface area (Å²) >= 11 is 0. The number of nitrogens with zero attached hydrogens (tertiary/aromatic N) is 3. The zero-order valence-electron chi connectivity index (χ0n) is 12.9. The van der Waals surface area contributed by atoms with E-state index < -0.39 is 0 Å². The highest BCUT2D eigenvalue weighted by Gasteiger charge is 2.37. The molecule has 0 aromatic rings. The van der Waals surface area contributed by atoms with E-state index in [-0.39, 0.29) is 11.4 Å². The number of rotatable bonds is 4. The largest absolute Gasteiger partial charge is 0.347 e. The van der Waals surface area contributed by atoms with Crippen LogP contribution in [0.2, 0.25) is 0 Å². The molecule has 0 radical (unpaired) electrons. The highest BCUT2D eigenvalue weighted by Crippen LogP contribution is 2.19. The minimum atomic E-state index is -0.382. The third kappa shape index (κ3) is 3.69. The molecule has 1 rings (SSSR count). The summed E-state index contributed by atoms with van der Waals surface area (Å²) < 4.78 is 0. The second kappa shape index (κ2) is 6.02. The van der Waals surface area contributed by atoms with Gasteiger partial charge < -0.3 is 9.80 Å². The van der Waals surface area contributed by atoms with Crippen LogP contribution in [0.25, 0.3) is 0 Å². The third-order valence-electron chi connectivity index (χ3n) is 3.72. The zero-order valence-corrected chi connectivity index (χ0v) is 12.9. The maximum atomic E-state index is 12.2. The number of likely N-dealkylation sites (N-methyl/N-ethyl adjacent to an activating group) is 1. The average Bonchev–Trinajstić information content (AvgIpc) is 2.27. The summed E-state index contributed by atoms with van der Waals surface area (Å²) in [7, 11) is 3.66. The quantitative estimate of drug-likeness (QED) is 0.753. The molecule has 0 bridgehead atoms. The molecule has 0 N–H and O–H groups in total. The lowest BCUT2D eigenvalue weighted by molar-refractivity contribution is -0.141. The molecule has 4 nitrogen and oxygen atoms in total. The maximum Gasteiger partial charge on any atom is 0.242 e. The fourth-order valence-corrected chi connectivity index (χ4v) is 2.69. The van der Waals surface area contributed by atoms with Crippen molar-refractivity contribution < 1.29 is 4.79 Å². The minimum Gasteiger partial charge on any atom is -0.347 e. The van der Waals surface area contributed by atoms with Crippen molar-refractivity contribution in [1.29, 1.82) is 0 Å². The van der Waals surface area contributed by atoms with Crippen LogP contribution in [0.1, 0.15) is 27.7 Å². The zero-order chi connectivity index (χ0) is 13.9.